The molecule has 27 heavy (non-hydrogen) atoms. The highest BCUT2D eigenvalue weighted by Crippen LogP contribution is 2.24. The monoisotopic (exact) mass is 382 g/mol. The molecule has 1 atom stereocenters. The Kier molecular flexibility index (Phi) is 6.19. The number of aromatic nitrogens is 1. The normalized spacial score (nSPS) is 11.9. The smallest absolute Gasteiger partial charge is 0.251 e. The summed E-state index contributed by atoms with van der Waals surface area (Å²) in [6.45, 7) is 4.48. The number of carbonyl (C=O) groups excluding carboxylic acids is 1. The van der Waals surface area contributed by atoms with Gasteiger partial charge < -0.3 is 9.73 Å². The van der Waals surface area contributed by atoms with Crippen molar-refractivity contribution in [2.75, 3.05) is 6.54 Å². The number of aryl methyl sites for hydroxylation is 1. The highest BCUT2D eigenvalue weighted by atomic mass is 32.2. The lowest BCUT2D eigenvalue weighted by Crippen LogP contribution is -2.23. The van der Waals surface area contributed by atoms with Gasteiger partial charge in [-0.15, -0.1) is 0 Å². The molecule has 6 heteroatoms. The van der Waals surface area contributed by atoms with Gasteiger partial charge in [0.2, 0.25) is 5.89 Å². The Hall–Kier alpha value is -2.73. The van der Waals surface area contributed by atoms with E-state index in [1.165, 1.54) is 0 Å². The van der Waals surface area contributed by atoms with Crippen molar-refractivity contribution in [2.24, 2.45) is 0 Å². The van der Waals surface area contributed by atoms with Crippen molar-refractivity contribution >= 4 is 16.7 Å². The molecule has 5 nitrogen and oxygen atoms in total. The Labute approximate surface area is 161 Å². The minimum Gasteiger partial charge on any atom is -0.441 e. The van der Waals surface area contributed by atoms with Gasteiger partial charge >= 0.3 is 0 Å². The van der Waals surface area contributed by atoms with Gasteiger partial charge in [0, 0.05) is 22.6 Å². The van der Waals surface area contributed by atoms with Gasteiger partial charge in [-0.25, -0.2) is 4.98 Å². The summed E-state index contributed by atoms with van der Waals surface area (Å²) >= 11 is 0. The number of hydrogen-bond donors (Lipinski definition) is 1. The second-order valence-electron chi connectivity index (χ2n) is 6.16. The third kappa shape index (κ3) is 4.71. The van der Waals surface area contributed by atoms with Crippen molar-refractivity contribution in [2.45, 2.75) is 30.9 Å². The number of nitrogens with one attached hydrogen (secondary N) is 1. The largest absolute Gasteiger partial charge is 0.441 e. The lowest BCUT2D eigenvalue weighted by Gasteiger charge is -2.03. The standard InChI is InChI=1S/C21H22N2O3S/c1-3-13-22-20(24)16-9-11-17(12-10-16)21-23-19(15(2)26-21)14-27(25)18-7-5-4-6-8-18/h4-12H,3,13-14H2,1-2H3,(H,22,24)/t27-/m1/s1. The Morgan fingerprint density at radius 2 is 1.81 bits per heavy atom. The molecule has 1 heterocycles. The molecule has 140 valence electrons. The fourth-order valence-electron chi connectivity index (χ4n) is 2.57. The molecule has 1 amide bonds. The fraction of sp³-hybridized carbons (Fsp3) is 0.238. The van der Waals surface area contributed by atoms with Crippen molar-refractivity contribution in [1.29, 1.82) is 0 Å². The highest BCUT2D eigenvalue weighted by Gasteiger charge is 2.15. The summed E-state index contributed by atoms with van der Waals surface area (Å²) in [5, 5.41) is 2.85. The molecule has 0 spiro atoms. The van der Waals surface area contributed by atoms with Crippen LogP contribution >= 0.6 is 0 Å². The number of hydrogen-bond acceptors (Lipinski definition) is 4. The number of nitrogens with zero attached hydrogens (tertiary/aromatic N) is 1. The molecule has 2 aromatic carbocycles. The lowest BCUT2D eigenvalue weighted by atomic mass is 10.1. The van der Waals surface area contributed by atoms with E-state index in [9.17, 15) is 9.00 Å². The lowest BCUT2D eigenvalue weighted by molar-refractivity contribution is 0.0953. The molecule has 1 aromatic heterocycles. The van der Waals surface area contributed by atoms with Crippen LogP contribution in [0.4, 0.5) is 0 Å². The Bertz CT molecular complexity index is 934. The molecule has 0 saturated carbocycles. The topological polar surface area (TPSA) is 72.2 Å². The summed E-state index contributed by atoms with van der Waals surface area (Å²) in [6.07, 6.45) is 0.895. The van der Waals surface area contributed by atoms with Crippen molar-refractivity contribution in [1.82, 2.24) is 10.3 Å². The van der Waals surface area contributed by atoms with E-state index in [0.717, 1.165) is 16.9 Å². The second-order valence-corrected chi connectivity index (χ2v) is 7.61. The van der Waals surface area contributed by atoms with E-state index >= 15 is 0 Å². The minimum absolute atomic E-state index is 0.0917. The Balaban J connectivity index is 1.74. The summed E-state index contributed by atoms with van der Waals surface area (Å²) in [4.78, 5) is 17.3. The summed E-state index contributed by atoms with van der Waals surface area (Å²) < 4.78 is 18.3. The van der Waals surface area contributed by atoms with Crippen LogP contribution in [0.1, 0.15) is 35.2 Å². The molecule has 3 rings (SSSR count). The van der Waals surface area contributed by atoms with Crippen molar-refractivity contribution in [3.63, 3.8) is 0 Å². The van der Waals surface area contributed by atoms with Crippen molar-refractivity contribution in [3.8, 4) is 11.5 Å². The SMILES string of the molecule is CCCNC(=O)c1ccc(-c2nc(C[S@@](=O)c3ccccc3)c(C)o2)cc1. The van der Waals surface area contributed by atoms with E-state index in [1.54, 1.807) is 12.1 Å². The van der Waals surface area contributed by atoms with Gasteiger partial charge in [0.25, 0.3) is 5.91 Å². The van der Waals surface area contributed by atoms with E-state index in [2.05, 4.69) is 10.3 Å². The highest BCUT2D eigenvalue weighted by molar-refractivity contribution is 7.84. The van der Waals surface area contributed by atoms with Gasteiger partial charge in [-0.2, -0.15) is 0 Å². The van der Waals surface area contributed by atoms with Gasteiger partial charge in [0.05, 0.1) is 22.2 Å². The second kappa shape index (κ2) is 8.77. The average Bonchev–Trinajstić information content (AvgIpc) is 3.07. The molecule has 0 saturated heterocycles. The zero-order valence-electron chi connectivity index (χ0n) is 15.4. The molecule has 0 unspecified atom stereocenters. The number of oxazole rings is 1. The zero-order valence-corrected chi connectivity index (χ0v) is 16.2. The molecule has 0 fully saturated rings. The predicted octanol–water partition coefficient (Wildman–Crippen LogP) is 4.10. The van der Waals surface area contributed by atoms with Crippen LogP contribution < -0.4 is 5.32 Å². The molecule has 0 radical (unpaired) electrons. The maximum Gasteiger partial charge on any atom is 0.251 e. The van der Waals surface area contributed by atoms with Gasteiger partial charge in [0.1, 0.15) is 5.76 Å². The predicted molar refractivity (Wildman–Crippen MR) is 106 cm³/mol. The van der Waals surface area contributed by atoms with Gasteiger partial charge in [-0.3, -0.25) is 9.00 Å². The maximum absolute atomic E-state index is 12.5. The van der Waals surface area contributed by atoms with Gasteiger partial charge in [-0.1, -0.05) is 25.1 Å². The van der Waals surface area contributed by atoms with Crippen molar-refractivity contribution in [3.05, 3.63) is 71.6 Å². The first-order chi connectivity index (χ1) is 13.1. The van der Waals surface area contributed by atoms with Crippen LogP contribution in [0.25, 0.3) is 11.5 Å². The molecule has 0 aliphatic carbocycles. The number of carbonyl (C=O) groups is 1. The first-order valence-electron chi connectivity index (χ1n) is 8.87. The molecule has 0 aliphatic heterocycles. The van der Waals surface area contributed by atoms with Crippen LogP contribution in [0.5, 0.6) is 0 Å². The summed E-state index contributed by atoms with van der Waals surface area (Å²) in [7, 11) is -1.18. The van der Waals surface area contributed by atoms with Crippen LogP contribution in [-0.2, 0) is 16.6 Å². The van der Waals surface area contributed by atoms with E-state index in [0.29, 0.717) is 35.2 Å². The zero-order chi connectivity index (χ0) is 19.2. The molecule has 3 aromatic rings. The van der Waals surface area contributed by atoms with E-state index in [-0.39, 0.29) is 5.91 Å². The summed E-state index contributed by atoms with van der Waals surface area (Å²) in [5.74, 6) is 1.33. The third-order valence-corrected chi connectivity index (χ3v) is 5.43. The molecular formula is C21H22N2O3S. The fourth-order valence-corrected chi connectivity index (χ4v) is 3.71. The minimum atomic E-state index is -1.18. The summed E-state index contributed by atoms with van der Waals surface area (Å²) in [5.41, 5.74) is 2.06. The van der Waals surface area contributed by atoms with E-state index in [1.807, 2.05) is 56.3 Å². The first kappa shape index (κ1) is 19.0. The van der Waals surface area contributed by atoms with Crippen LogP contribution in [0, 0.1) is 6.92 Å². The van der Waals surface area contributed by atoms with Gasteiger partial charge in [-0.05, 0) is 49.7 Å². The molecular weight excluding hydrogens is 360 g/mol. The Morgan fingerprint density at radius 3 is 2.48 bits per heavy atom. The van der Waals surface area contributed by atoms with Crippen LogP contribution in [0.15, 0.2) is 63.9 Å². The van der Waals surface area contributed by atoms with Crippen LogP contribution in [0.2, 0.25) is 0 Å². The molecule has 0 bridgehead atoms. The first-order valence-corrected chi connectivity index (χ1v) is 10.2. The van der Waals surface area contributed by atoms with Crippen LogP contribution in [0.3, 0.4) is 0 Å². The average molecular weight is 382 g/mol. The Morgan fingerprint density at radius 1 is 1.11 bits per heavy atom. The van der Waals surface area contributed by atoms with E-state index in [4.69, 9.17) is 4.42 Å². The van der Waals surface area contributed by atoms with Crippen LogP contribution in [-0.4, -0.2) is 21.6 Å². The summed E-state index contributed by atoms with van der Waals surface area (Å²) in [6, 6.07) is 16.4. The van der Waals surface area contributed by atoms with Crippen molar-refractivity contribution < 1.29 is 13.4 Å². The van der Waals surface area contributed by atoms with E-state index < -0.39 is 10.8 Å². The number of amides is 1. The van der Waals surface area contributed by atoms with Gasteiger partial charge in [0.15, 0.2) is 0 Å². The third-order valence-electron chi connectivity index (χ3n) is 4.10. The number of benzene rings is 2. The molecule has 0 aliphatic rings. The quantitative estimate of drug-likeness (QED) is 0.668. The molecule has 1 N–H and O–H groups in total. The maximum atomic E-state index is 12.5. The number of rotatable bonds is 7.